The van der Waals surface area contributed by atoms with Crippen molar-refractivity contribution >= 4 is 38.5 Å². The Morgan fingerprint density at radius 3 is 2.45 bits per heavy atom. The fourth-order valence-corrected chi connectivity index (χ4v) is 4.17. The zero-order valence-corrected chi connectivity index (χ0v) is 19.2. The lowest BCUT2D eigenvalue weighted by molar-refractivity contribution is -0.117. The van der Waals surface area contributed by atoms with E-state index in [0.717, 1.165) is 53.7 Å². The van der Waals surface area contributed by atoms with Gasteiger partial charge in [0.15, 0.2) is 0 Å². The van der Waals surface area contributed by atoms with Crippen LogP contribution in [-0.4, -0.2) is 48.4 Å². The molecule has 7 heteroatoms. The van der Waals surface area contributed by atoms with E-state index in [0.29, 0.717) is 18.7 Å². The number of hydrogen-bond donors (Lipinski definition) is 1. The number of carbonyl (C=O) groups excluding carboxylic acids is 1. The Balaban J connectivity index is 1.34. The zero-order chi connectivity index (χ0) is 21.8. The van der Waals surface area contributed by atoms with Crippen LogP contribution in [0.4, 0.5) is 5.69 Å². The van der Waals surface area contributed by atoms with Gasteiger partial charge in [0.25, 0.3) is 0 Å². The van der Waals surface area contributed by atoms with Gasteiger partial charge >= 0.3 is 5.63 Å². The molecule has 2 aromatic carbocycles. The standard InChI is InChI=1S/C24H26BrN3O3/c1-2-17-3-8-22-21(13-17)18(14-24(30)31-22)15-27-9-11-28(12-10-27)16-23(29)26-20-6-4-19(25)5-7-20/h3-8,13-14H,2,9-12,15-16H2,1H3,(H,26,29). The van der Waals surface area contributed by atoms with Crippen LogP contribution in [0.5, 0.6) is 0 Å². The minimum Gasteiger partial charge on any atom is -0.423 e. The summed E-state index contributed by atoms with van der Waals surface area (Å²) >= 11 is 3.40. The van der Waals surface area contributed by atoms with E-state index in [2.05, 4.69) is 44.0 Å². The number of amides is 1. The van der Waals surface area contributed by atoms with Gasteiger partial charge in [-0.25, -0.2) is 4.79 Å². The molecule has 0 unspecified atom stereocenters. The number of halogens is 1. The Kier molecular flexibility index (Phi) is 6.85. The number of benzene rings is 2. The first-order chi connectivity index (χ1) is 15.0. The van der Waals surface area contributed by atoms with Crippen molar-refractivity contribution in [2.24, 2.45) is 0 Å². The molecule has 31 heavy (non-hydrogen) atoms. The summed E-state index contributed by atoms with van der Waals surface area (Å²) in [5.41, 5.74) is 3.36. The summed E-state index contributed by atoms with van der Waals surface area (Å²) in [5.74, 6) is -0.00507. The van der Waals surface area contributed by atoms with E-state index in [1.165, 1.54) is 5.56 Å². The minimum absolute atomic E-state index is 0.00507. The van der Waals surface area contributed by atoms with Gasteiger partial charge in [-0.3, -0.25) is 14.6 Å². The normalized spacial score (nSPS) is 15.3. The van der Waals surface area contributed by atoms with Crippen molar-refractivity contribution in [1.29, 1.82) is 0 Å². The molecule has 1 N–H and O–H groups in total. The van der Waals surface area contributed by atoms with Gasteiger partial charge in [-0.1, -0.05) is 28.9 Å². The number of aryl methyl sites for hydroxylation is 1. The van der Waals surface area contributed by atoms with Gasteiger partial charge in [0.2, 0.25) is 5.91 Å². The van der Waals surface area contributed by atoms with Gasteiger partial charge in [0, 0.05) is 54.3 Å². The quantitative estimate of drug-likeness (QED) is 0.539. The molecule has 0 radical (unpaired) electrons. The number of nitrogens with one attached hydrogen (secondary N) is 1. The van der Waals surface area contributed by atoms with E-state index >= 15 is 0 Å². The maximum Gasteiger partial charge on any atom is 0.336 e. The van der Waals surface area contributed by atoms with E-state index in [4.69, 9.17) is 4.42 Å². The van der Waals surface area contributed by atoms with Crippen LogP contribution in [0.25, 0.3) is 11.0 Å². The summed E-state index contributed by atoms with van der Waals surface area (Å²) in [7, 11) is 0. The third-order valence-corrected chi connectivity index (χ3v) is 6.18. The number of nitrogens with zero attached hydrogens (tertiary/aromatic N) is 2. The molecule has 4 rings (SSSR count). The fourth-order valence-electron chi connectivity index (χ4n) is 3.91. The van der Waals surface area contributed by atoms with Gasteiger partial charge in [-0.05, 0) is 53.9 Å². The maximum atomic E-state index is 12.4. The smallest absolute Gasteiger partial charge is 0.336 e. The van der Waals surface area contributed by atoms with Crippen molar-refractivity contribution in [3.8, 4) is 0 Å². The molecule has 0 saturated carbocycles. The van der Waals surface area contributed by atoms with Crippen LogP contribution < -0.4 is 10.9 Å². The van der Waals surface area contributed by atoms with Crippen molar-refractivity contribution in [1.82, 2.24) is 9.80 Å². The summed E-state index contributed by atoms with van der Waals surface area (Å²) < 4.78 is 6.36. The van der Waals surface area contributed by atoms with E-state index in [-0.39, 0.29) is 11.5 Å². The highest BCUT2D eigenvalue weighted by Gasteiger charge is 2.20. The Morgan fingerprint density at radius 2 is 1.74 bits per heavy atom. The van der Waals surface area contributed by atoms with Gasteiger partial charge < -0.3 is 9.73 Å². The second-order valence-electron chi connectivity index (χ2n) is 7.88. The minimum atomic E-state index is -0.310. The summed E-state index contributed by atoms with van der Waals surface area (Å²) in [6.07, 6.45) is 0.940. The maximum absolute atomic E-state index is 12.4. The summed E-state index contributed by atoms with van der Waals surface area (Å²) in [4.78, 5) is 28.9. The highest BCUT2D eigenvalue weighted by molar-refractivity contribution is 9.10. The lowest BCUT2D eigenvalue weighted by Crippen LogP contribution is -2.48. The molecule has 0 atom stereocenters. The topological polar surface area (TPSA) is 65.8 Å². The second kappa shape index (κ2) is 9.77. The molecule has 0 spiro atoms. The van der Waals surface area contributed by atoms with E-state index in [1.807, 2.05) is 36.4 Å². The van der Waals surface area contributed by atoms with Gasteiger partial charge in [-0.15, -0.1) is 0 Å². The SMILES string of the molecule is CCc1ccc2oc(=O)cc(CN3CCN(CC(=O)Nc4ccc(Br)cc4)CC3)c2c1. The first-order valence-corrected chi connectivity index (χ1v) is 11.4. The van der Waals surface area contributed by atoms with Crippen molar-refractivity contribution in [2.45, 2.75) is 19.9 Å². The molecule has 1 aromatic heterocycles. The third kappa shape index (κ3) is 5.61. The summed E-state index contributed by atoms with van der Waals surface area (Å²) in [6.45, 7) is 6.52. The van der Waals surface area contributed by atoms with E-state index in [1.54, 1.807) is 6.07 Å². The molecule has 0 aliphatic carbocycles. The van der Waals surface area contributed by atoms with Crippen LogP contribution >= 0.6 is 15.9 Å². The number of piperazine rings is 1. The molecule has 162 valence electrons. The Morgan fingerprint density at radius 1 is 1.03 bits per heavy atom. The van der Waals surface area contributed by atoms with Crippen molar-refractivity contribution in [3.63, 3.8) is 0 Å². The summed E-state index contributed by atoms with van der Waals surface area (Å²) in [5, 5.41) is 3.95. The predicted molar refractivity (Wildman–Crippen MR) is 126 cm³/mol. The third-order valence-electron chi connectivity index (χ3n) is 5.65. The number of fused-ring (bicyclic) bond motifs is 1. The van der Waals surface area contributed by atoms with Crippen LogP contribution in [0.15, 0.2) is 62.2 Å². The molecule has 1 aliphatic heterocycles. The molecule has 0 bridgehead atoms. The monoisotopic (exact) mass is 483 g/mol. The predicted octanol–water partition coefficient (Wildman–Crippen LogP) is 3.87. The number of rotatable bonds is 6. The summed E-state index contributed by atoms with van der Waals surface area (Å²) in [6, 6.07) is 15.2. The lowest BCUT2D eigenvalue weighted by Gasteiger charge is -2.34. The molecule has 2 heterocycles. The largest absolute Gasteiger partial charge is 0.423 e. The molecule has 1 amide bonds. The second-order valence-corrected chi connectivity index (χ2v) is 8.80. The van der Waals surface area contributed by atoms with Crippen molar-refractivity contribution < 1.29 is 9.21 Å². The molecule has 3 aromatic rings. The van der Waals surface area contributed by atoms with Crippen LogP contribution in [0.1, 0.15) is 18.1 Å². The molecule has 1 fully saturated rings. The molecule has 1 saturated heterocycles. The average molecular weight is 484 g/mol. The van der Waals surface area contributed by atoms with Crippen molar-refractivity contribution in [2.75, 3.05) is 38.0 Å². The molecule has 1 aliphatic rings. The lowest BCUT2D eigenvalue weighted by atomic mass is 10.0. The fraction of sp³-hybridized carbons (Fsp3) is 0.333. The number of anilines is 1. The highest BCUT2D eigenvalue weighted by Crippen LogP contribution is 2.21. The van der Waals surface area contributed by atoms with Crippen LogP contribution in [0, 0.1) is 0 Å². The Bertz CT molecular complexity index is 1120. The van der Waals surface area contributed by atoms with Crippen LogP contribution in [0.3, 0.4) is 0 Å². The molecular formula is C24H26BrN3O3. The molecular weight excluding hydrogens is 458 g/mol. The molecule has 6 nitrogen and oxygen atoms in total. The van der Waals surface area contributed by atoms with Gasteiger partial charge in [-0.2, -0.15) is 0 Å². The van der Waals surface area contributed by atoms with E-state index < -0.39 is 0 Å². The number of hydrogen-bond acceptors (Lipinski definition) is 5. The Hall–Kier alpha value is -2.48. The van der Waals surface area contributed by atoms with Crippen LogP contribution in [0.2, 0.25) is 0 Å². The zero-order valence-electron chi connectivity index (χ0n) is 17.6. The first kappa shape index (κ1) is 21.7. The van der Waals surface area contributed by atoms with Crippen molar-refractivity contribution in [3.05, 3.63) is 74.6 Å². The number of carbonyl (C=O) groups is 1. The average Bonchev–Trinajstić information content (AvgIpc) is 2.76. The van der Waals surface area contributed by atoms with Crippen LogP contribution in [-0.2, 0) is 17.8 Å². The Labute approximate surface area is 190 Å². The van der Waals surface area contributed by atoms with E-state index in [9.17, 15) is 9.59 Å². The highest BCUT2D eigenvalue weighted by atomic mass is 79.9. The van der Waals surface area contributed by atoms with Gasteiger partial charge in [0.1, 0.15) is 5.58 Å². The first-order valence-electron chi connectivity index (χ1n) is 10.6. The van der Waals surface area contributed by atoms with Gasteiger partial charge in [0.05, 0.1) is 6.54 Å².